The number of hydrogen-bond acceptors (Lipinski definition) is 2. The van der Waals surface area contributed by atoms with E-state index in [1.165, 1.54) is 27.4 Å². The molecule has 0 saturated carbocycles. The molecule has 6 rings (SSSR count). The van der Waals surface area contributed by atoms with E-state index in [0.717, 1.165) is 47.2 Å². The number of aromatic nitrogens is 3. The molecule has 0 aliphatic heterocycles. The second kappa shape index (κ2) is 4.39. The van der Waals surface area contributed by atoms with E-state index >= 15 is 0 Å². The monoisotopic (exact) mass is 327 g/mol. The van der Waals surface area contributed by atoms with Crippen LogP contribution in [0.3, 0.4) is 0 Å². The summed E-state index contributed by atoms with van der Waals surface area (Å²) in [5.41, 5.74) is 9.27. The molecule has 0 bridgehead atoms. The Morgan fingerprint density at radius 2 is 1.88 bits per heavy atom. The first-order valence-electron chi connectivity index (χ1n) is 8.86. The Balaban J connectivity index is 1.87. The van der Waals surface area contributed by atoms with Crippen LogP contribution in [0.4, 0.5) is 0 Å². The molecule has 0 unspecified atom stereocenters. The van der Waals surface area contributed by atoms with E-state index in [4.69, 9.17) is 0 Å². The van der Waals surface area contributed by atoms with Crippen molar-refractivity contribution in [3.05, 3.63) is 52.8 Å². The van der Waals surface area contributed by atoms with E-state index in [9.17, 15) is 4.79 Å². The van der Waals surface area contributed by atoms with Crippen LogP contribution in [0, 0.1) is 0 Å². The quantitative estimate of drug-likeness (QED) is 0.532. The van der Waals surface area contributed by atoms with E-state index in [1.807, 2.05) is 11.7 Å². The predicted octanol–water partition coefficient (Wildman–Crippen LogP) is 3.95. The van der Waals surface area contributed by atoms with Gasteiger partial charge in [-0.3, -0.25) is 9.48 Å². The standard InChI is InChI=1S/C21H17N3O/c1-24-10-14-16(23-24)8-6-13-18(14)20-12(7-9-17(20)25)19-11-4-2-3-5-15(11)22-21(13)19/h2-5,10,22H,6-9H2,1H3. The van der Waals surface area contributed by atoms with Gasteiger partial charge >= 0.3 is 0 Å². The number of benzene rings is 2. The van der Waals surface area contributed by atoms with Gasteiger partial charge < -0.3 is 4.98 Å². The van der Waals surface area contributed by atoms with Gasteiger partial charge in [-0.05, 0) is 36.5 Å². The van der Waals surface area contributed by atoms with Crippen LogP contribution in [-0.4, -0.2) is 20.5 Å². The number of carbonyl (C=O) groups is 1. The molecule has 0 fully saturated rings. The number of hydrogen-bond donors (Lipinski definition) is 1. The summed E-state index contributed by atoms with van der Waals surface area (Å²) < 4.78 is 1.88. The minimum atomic E-state index is 0.287. The molecule has 0 amide bonds. The average Bonchev–Trinajstić information content (AvgIpc) is 3.28. The first-order chi connectivity index (χ1) is 12.2. The van der Waals surface area contributed by atoms with Crippen molar-refractivity contribution >= 4 is 27.6 Å². The summed E-state index contributed by atoms with van der Waals surface area (Å²) in [6, 6.07) is 8.44. The van der Waals surface area contributed by atoms with Crippen molar-refractivity contribution in [2.45, 2.75) is 25.7 Å². The van der Waals surface area contributed by atoms with E-state index in [2.05, 4.69) is 40.5 Å². The Kier molecular flexibility index (Phi) is 2.36. The number of fused-ring (bicyclic) bond motifs is 10. The molecule has 122 valence electrons. The summed E-state index contributed by atoms with van der Waals surface area (Å²) >= 11 is 0. The van der Waals surface area contributed by atoms with Crippen molar-refractivity contribution in [3.8, 4) is 11.1 Å². The van der Waals surface area contributed by atoms with Crippen LogP contribution in [0.1, 0.15) is 33.6 Å². The van der Waals surface area contributed by atoms with Gasteiger partial charge in [0, 0.05) is 52.6 Å². The van der Waals surface area contributed by atoms with Crippen molar-refractivity contribution in [2.75, 3.05) is 0 Å². The normalized spacial score (nSPS) is 15.6. The lowest BCUT2D eigenvalue weighted by Gasteiger charge is -2.20. The molecule has 2 aliphatic carbocycles. The van der Waals surface area contributed by atoms with Crippen molar-refractivity contribution < 1.29 is 4.79 Å². The number of Topliss-reactive ketones (excluding diaryl/α,β-unsaturated/α-hetero) is 1. The number of nitrogens with one attached hydrogen (secondary N) is 1. The highest BCUT2D eigenvalue weighted by molar-refractivity contribution is 6.19. The SMILES string of the molecule is Cn1cc2c(n1)CCc1c-2c2c(c3c1[nH]c1ccccc13)CCC2=O. The molecule has 25 heavy (non-hydrogen) atoms. The van der Waals surface area contributed by atoms with Crippen LogP contribution in [0.5, 0.6) is 0 Å². The van der Waals surface area contributed by atoms with Crippen LogP contribution in [0.15, 0.2) is 30.5 Å². The maximum atomic E-state index is 12.8. The minimum absolute atomic E-state index is 0.287. The first-order valence-corrected chi connectivity index (χ1v) is 8.86. The highest BCUT2D eigenvalue weighted by Crippen LogP contribution is 2.46. The van der Waals surface area contributed by atoms with Crippen LogP contribution in [0.2, 0.25) is 0 Å². The molecule has 4 nitrogen and oxygen atoms in total. The fourth-order valence-corrected chi connectivity index (χ4v) is 4.87. The molecular formula is C21H17N3O. The number of aromatic amines is 1. The Hall–Kier alpha value is -2.88. The summed E-state index contributed by atoms with van der Waals surface area (Å²) in [6.07, 6.45) is 5.41. The van der Waals surface area contributed by atoms with E-state index in [0.29, 0.717) is 6.42 Å². The number of para-hydroxylation sites is 1. The molecular weight excluding hydrogens is 310 g/mol. The zero-order valence-electron chi connectivity index (χ0n) is 14.0. The largest absolute Gasteiger partial charge is 0.354 e. The highest BCUT2D eigenvalue weighted by Gasteiger charge is 2.33. The predicted molar refractivity (Wildman–Crippen MR) is 98.1 cm³/mol. The molecule has 0 spiro atoms. The second-order valence-corrected chi connectivity index (χ2v) is 7.21. The Bertz CT molecular complexity index is 1230. The van der Waals surface area contributed by atoms with Crippen LogP contribution < -0.4 is 0 Å². The maximum absolute atomic E-state index is 12.8. The van der Waals surface area contributed by atoms with Gasteiger partial charge in [0.25, 0.3) is 0 Å². The lowest BCUT2D eigenvalue weighted by molar-refractivity contribution is 0.0995. The van der Waals surface area contributed by atoms with Gasteiger partial charge in [-0.15, -0.1) is 0 Å². The lowest BCUT2D eigenvalue weighted by atomic mass is 9.83. The number of H-pyrrole nitrogens is 1. The van der Waals surface area contributed by atoms with Crippen molar-refractivity contribution in [3.63, 3.8) is 0 Å². The van der Waals surface area contributed by atoms with Gasteiger partial charge in [-0.1, -0.05) is 18.2 Å². The number of aryl methyl sites for hydroxylation is 4. The van der Waals surface area contributed by atoms with Crippen LogP contribution in [0.25, 0.3) is 32.9 Å². The van der Waals surface area contributed by atoms with Gasteiger partial charge in [-0.2, -0.15) is 5.10 Å². The molecule has 2 aromatic heterocycles. The van der Waals surface area contributed by atoms with Gasteiger partial charge in [0.15, 0.2) is 5.78 Å². The maximum Gasteiger partial charge on any atom is 0.164 e. The molecule has 2 aromatic carbocycles. The fourth-order valence-electron chi connectivity index (χ4n) is 4.87. The third-order valence-electron chi connectivity index (χ3n) is 5.83. The fraction of sp³-hybridized carbons (Fsp3) is 0.238. The smallest absolute Gasteiger partial charge is 0.164 e. The molecule has 0 radical (unpaired) electrons. The zero-order chi connectivity index (χ0) is 16.7. The Labute approximate surface area is 144 Å². The second-order valence-electron chi connectivity index (χ2n) is 7.21. The average molecular weight is 327 g/mol. The van der Waals surface area contributed by atoms with E-state index in [1.54, 1.807) is 0 Å². The van der Waals surface area contributed by atoms with Gasteiger partial charge in [0.05, 0.1) is 11.2 Å². The first kappa shape index (κ1) is 13.4. The molecule has 2 aliphatic rings. The summed E-state index contributed by atoms with van der Waals surface area (Å²) in [7, 11) is 1.96. The van der Waals surface area contributed by atoms with E-state index < -0.39 is 0 Å². The Morgan fingerprint density at radius 1 is 1.04 bits per heavy atom. The zero-order valence-corrected chi connectivity index (χ0v) is 14.0. The van der Waals surface area contributed by atoms with Crippen LogP contribution in [-0.2, 0) is 26.3 Å². The summed E-state index contributed by atoms with van der Waals surface area (Å²) in [5, 5.41) is 7.12. The summed E-state index contributed by atoms with van der Waals surface area (Å²) in [6.45, 7) is 0. The topological polar surface area (TPSA) is 50.7 Å². The van der Waals surface area contributed by atoms with Gasteiger partial charge in [-0.25, -0.2) is 0 Å². The number of rotatable bonds is 0. The van der Waals surface area contributed by atoms with Crippen molar-refractivity contribution in [1.82, 2.24) is 14.8 Å². The Morgan fingerprint density at radius 3 is 2.80 bits per heavy atom. The van der Waals surface area contributed by atoms with Crippen molar-refractivity contribution in [1.29, 1.82) is 0 Å². The third-order valence-corrected chi connectivity index (χ3v) is 5.83. The lowest BCUT2D eigenvalue weighted by Crippen LogP contribution is -2.09. The summed E-state index contributed by atoms with van der Waals surface area (Å²) in [4.78, 5) is 16.5. The van der Waals surface area contributed by atoms with Crippen molar-refractivity contribution in [2.24, 2.45) is 7.05 Å². The molecule has 4 heteroatoms. The number of nitrogens with zero attached hydrogens (tertiary/aromatic N) is 2. The molecule has 0 atom stereocenters. The van der Waals surface area contributed by atoms with E-state index in [-0.39, 0.29) is 5.78 Å². The third kappa shape index (κ3) is 1.57. The highest BCUT2D eigenvalue weighted by atomic mass is 16.1. The molecule has 1 N–H and O–H groups in total. The van der Waals surface area contributed by atoms with Gasteiger partial charge in [0.2, 0.25) is 0 Å². The number of ketones is 1. The molecule has 2 heterocycles. The number of carbonyl (C=O) groups excluding carboxylic acids is 1. The van der Waals surface area contributed by atoms with Crippen LogP contribution >= 0.6 is 0 Å². The summed E-state index contributed by atoms with van der Waals surface area (Å²) in [5.74, 6) is 0.287. The molecule has 4 aromatic rings. The van der Waals surface area contributed by atoms with Gasteiger partial charge in [0.1, 0.15) is 0 Å². The minimum Gasteiger partial charge on any atom is -0.354 e. The molecule has 0 saturated heterocycles.